The fourth-order valence-electron chi connectivity index (χ4n) is 3.55. The molecule has 0 aromatic heterocycles. The van der Waals surface area contributed by atoms with Crippen molar-refractivity contribution >= 4 is 17.6 Å². The van der Waals surface area contributed by atoms with Crippen LogP contribution in [-0.4, -0.2) is 22.7 Å². The molecule has 1 aromatic rings. The van der Waals surface area contributed by atoms with Crippen molar-refractivity contribution in [2.75, 3.05) is 4.90 Å². The highest BCUT2D eigenvalue weighted by molar-refractivity contribution is 6.06. The van der Waals surface area contributed by atoms with Crippen LogP contribution < -0.4 is 16.4 Å². The largest absolute Gasteiger partial charge is 0.506 e. The molecule has 3 rings (SSSR count). The smallest absolute Gasteiger partial charge is 0.220 e. The molecule has 1 aliphatic carbocycles. The summed E-state index contributed by atoms with van der Waals surface area (Å²) in [5, 5.41) is 10.4. The highest BCUT2D eigenvalue weighted by atomic mass is 16.3. The molecule has 1 saturated carbocycles. The van der Waals surface area contributed by atoms with E-state index in [1.54, 1.807) is 6.07 Å². The van der Waals surface area contributed by atoms with Crippen LogP contribution in [0.15, 0.2) is 28.2 Å². The maximum Gasteiger partial charge on any atom is 0.220 e. The number of phenolic OH excluding ortho intramolecular Hbond substituents is 1. The molecule has 124 valence electrons. The third-order valence-electron chi connectivity index (χ3n) is 4.76. The van der Waals surface area contributed by atoms with E-state index in [2.05, 4.69) is 23.8 Å². The minimum absolute atomic E-state index is 0.188. The minimum Gasteiger partial charge on any atom is -0.506 e. The molecule has 0 bridgehead atoms. The summed E-state index contributed by atoms with van der Waals surface area (Å²) in [4.78, 5) is 10.7. The molecule has 6 nitrogen and oxygen atoms in total. The van der Waals surface area contributed by atoms with E-state index in [1.807, 2.05) is 17.0 Å². The summed E-state index contributed by atoms with van der Waals surface area (Å²) in [5.74, 6) is 1.07. The summed E-state index contributed by atoms with van der Waals surface area (Å²) in [6, 6.07) is 5.64. The maximum atomic E-state index is 10.4. The molecule has 1 aliphatic heterocycles. The Hall–Kier alpha value is -2.24. The molecule has 0 unspecified atom stereocenters. The normalized spacial score (nSPS) is 20.6. The summed E-state index contributed by atoms with van der Waals surface area (Å²) >= 11 is 0. The number of benzene rings is 1. The van der Waals surface area contributed by atoms with E-state index in [0.29, 0.717) is 17.6 Å². The molecule has 1 fully saturated rings. The van der Waals surface area contributed by atoms with Gasteiger partial charge in [0.05, 0.1) is 5.69 Å². The lowest BCUT2D eigenvalue weighted by molar-refractivity contribution is 0.303. The van der Waals surface area contributed by atoms with Gasteiger partial charge in [-0.25, -0.2) is 4.99 Å². The lowest BCUT2D eigenvalue weighted by atomic mass is 9.87. The average molecular weight is 315 g/mol. The Morgan fingerprint density at radius 2 is 1.87 bits per heavy atom. The van der Waals surface area contributed by atoms with E-state index in [0.717, 1.165) is 31.2 Å². The van der Waals surface area contributed by atoms with Crippen LogP contribution >= 0.6 is 0 Å². The second-order valence-electron chi connectivity index (χ2n) is 6.72. The number of nitrogens with zero attached hydrogens (tertiary/aromatic N) is 3. The molecule has 0 saturated heterocycles. The Balaban J connectivity index is 2.12. The topological polar surface area (TPSA) is 100 Å². The third-order valence-corrected chi connectivity index (χ3v) is 4.76. The van der Waals surface area contributed by atoms with Gasteiger partial charge < -0.3 is 16.6 Å². The number of hydrogen-bond acceptors (Lipinski definition) is 6. The highest BCUT2D eigenvalue weighted by Crippen LogP contribution is 2.43. The third kappa shape index (κ3) is 2.73. The predicted octanol–water partition coefficient (Wildman–Crippen LogP) is 2.63. The van der Waals surface area contributed by atoms with Crippen LogP contribution in [0.1, 0.15) is 57.4 Å². The van der Waals surface area contributed by atoms with Crippen molar-refractivity contribution < 1.29 is 5.11 Å². The molecule has 1 spiro atoms. The lowest BCUT2D eigenvalue weighted by Crippen LogP contribution is -2.58. The van der Waals surface area contributed by atoms with Crippen LogP contribution in [0.3, 0.4) is 0 Å². The van der Waals surface area contributed by atoms with Crippen LogP contribution in [-0.2, 0) is 0 Å². The standard InChI is InChI=1S/C17H25N5O/c1-11(2)12-6-7-14(23)13(10-12)22-16(19)20-15(18)21-17(22)8-4-3-5-9-17/h6-7,10-11,23H,3-5,8-9H2,1-2H3,(H4,18,19,20,21). The summed E-state index contributed by atoms with van der Waals surface area (Å²) < 4.78 is 0. The summed E-state index contributed by atoms with van der Waals surface area (Å²) in [6.45, 7) is 4.24. The maximum absolute atomic E-state index is 10.4. The first-order chi connectivity index (χ1) is 10.9. The molecular weight excluding hydrogens is 290 g/mol. The van der Waals surface area contributed by atoms with Crippen molar-refractivity contribution in [3.63, 3.8) is 0 Å². The molecule has 1 heterocycles. The van der Waals surface area contributed by atoms with Crippen molar-refractivity contribution in [3.8, 4) is 5.75 Å². The fraction of sp³-hybridized carbons (Fsp3) is 0.529. The van der Waals surface area contributed by atoms with Gasteiger partial charge in [0, 0.05) is 0 Å². The molecular formula is C17H25N5O. The molecule has 0 atom stereocenters. The van der Waals surface area contributed by atoms with Crippen molar-refractivity contribution in [3.05, 3.63) is 23.8 Å². The summed E-state index contributed by atoms with van der Waals surface area (Å²) in [5.41, 5.74) is 13.4. The Labute approximate surface area is 136 Å². The van der Waals surface area contributed by atoms with Gasteiger partial charge in [0.15, 0.2) is 0 Å². The van der Waals surface area contributed by atoms with E-state index in [-0.39, 0.29) is 11.7 Å². The highest BCUT2D eigenvalue weighted by Gasteiger charge is 2.43. The van der Waals surface area contributed by atoms with Gasteiger partial charge in [-0.1, -0.05) is 26.3 Å². The van der Waals surface area contributed by atoms with Crippen molar-refractivity contribution in [2.45, 2.75) is 57.5 Å². The van der Waals surface area contributed by atoms with Crippen LogP contribution in [0.25, 0.3) is 0 Å². The second-order valence-corrected chi connectivity index (χ2v) is 6.72. The SMILES string of the molecule is CC(C)c1ccc(O)c(N2C(N)=NC(N)=NC23CCCCC3)c1. The van der Waals surface area contributed by atoms with Crippen LogP contribution in [0, 0.1) is 0 Å². The molecule has 2 aliphatic rings. The van der Waals surface area contributed by atoms with Gasteiger partial charge in [-0.05, 0) is 49.3 Å². The number of aliphatic imine (C=N–C) groups is 2. The molecule has 1 aromatic carbocycles. The Morgan fingerprint density at radius 3 is 2.52 bits per heavy atom. The lowest BCUT2D eigenvalue weighted by Gasteiger charge is -2.45. The zero-order valence-corrected chi connectivity index (χ0v) is 13.8. The fourth-order valence-corrected chi connectivity index (χ4v) is 3.55. The number of nitrogens with two attached hydrogens (primary N) is 2. The van der Waals surface area contributed by atoms with Gasteiger partial charge in [-0.3, -0.25) is 4.90 Å². The number of phenols is 1. The van der Waals surface area contributed by atoms with Gasteiger partial charge in [-0.15, -0.1) is 0 Å². The number of guanidine groups is 2. The van der Waals surface area contributed by atoms with E-state index in [1.165, 1.54) is 6.42 Å². The monoisotopic (exact) mass is 315 g/mol. The molecule has 0 radical (unpaired) electrons. The number of aromatic hydroxyl groups is 1. The van der Waals surface area contributed by atoms with E-state index in [4.69, 9.17) is 11.5 Å². The van der Waals surface area contributed by atoms with Crippen LogP contribution in [0.2, 0.25) is 0 Å². The Kier molecular flexibility index (Phi) is 3.92. The summed E-state index contributed by atoms with van der Waals surface area (Å²) in [7, 11) is 0. The number of rotatable bonds is 2. The van der Waals surface area contributed by atoms with Crippen molar-refractivity contribution in [1.29, 1.82) is 0 Å². The number of hydrogen-bond donors (Lipinski definition) is 3. The van der Waals surface area contributed by atoms with Gasteiger partial charge >= 0.3 is 0 Å². The Morgan fingerprint density at radius 1 is 1.17 bits per heavy atom. The van der Waals surface area contributed by atoms with E-state index < -0.39 is 5.66 Å². The quantitative estimate of drug-likeness (QED) is 0.781. The van der Waals surface area contributed by atoms with E-state index >= 15 is 0 Å². The van der Waals surface area contributed by atoms with Crippen molar-refractivity contribution in [1.82, 2.24) is 0 Å². The van der Waals surface area contributed by atoms with Gasteiger partial charge in [-0.2, -0.15) is 4.99 Å². The van der Waals surface area contributed by atoms with Gasteiger partial charge in [0.1, 0.15) is 11.4 Å². The summed E-state index contributed by atoms with van der Waals surface area (Å²) in [6.07, 6.45) is 5.01. The first-order valence-electron chi connectivity index (χ1n) is 8.25. The number of anilines is 1. The molecule has 0 amide bonds. The van der Waals surface area contributed by atoms with Crippen LogP contribution in [0.5, 0.6) is 5.75 Å². The Bertz CT molecular complexity index is 659. The van der Waals surface area contributed by atoms with Crippen molar-refractivity contribution in [2.24, 2.45) is 21.5 Å². The van der Waals surface area contributed by atoms with E-state index in [9.17, 15) is 5.11 Å². The average Bonchev–Trinajstić information content (AvgIpc) is 2.48. The molecule has 5 N–H and O–H groups in total. The zero-order valence-electron chi connectivity index (χ0n) is 13.8. The molecule has 23 heavy (non-hydrogen) atoms. The van der Waals surface area contributed by atoms with Crippen LogP contribution in [0.4, 0.5) is 5.69 Å². The second kappa shape index (κ2) is 5.76. The minimum atomic E-state index is -0.527. The van der Waals surface area contributed by atoms with Gasteiger partial charge in [0.25, 0.3) is 0 Å². The first-order valence-corrected chi connectivity index (χ1v) is 8.25. The molecule has 6 heteroatoms. The first kappa shape index (κ1) is 15.6. The predicted molar refractivity (Wildman–Crippen MR) is 93.7 cm³/mol. The zero-order chi connectivity index (χ0) is 16.6. The van der Waals surface area contributed by atoms with Gasteiger partial charge in [0.2, 0.25) is 11.9 Å².